The van der Waals surface area contributed by atoms with Crippen LogP contribution >= 0.6 is 11.3 Å². The number of benzene rings is 2. The lowest BCUT2D eigenvalue weighted by atomic mass is 10.1. The molecule has 0 fully saturated rings. The lowest BCUT2D eigenvalue weighted by Gasteiger charge is -2.14. The Morgan fingerprint density at radius 1 is 1.12 bits per heavy atom. The van der Waals surface area contributed by atoms with Gasteiger partial charge in [0.1, 0.15) is 17.5 Å². The van der Waals surface area contributed by atoms with Gasteiger partial charge in [-0.2, -0.15) is 0 Å². The number of nitrogens with one attached hydrogen (secondary N) is 2. The molecule has 26 heavy (non-hydrogen) atoms. The minimum absolute atomic E-state index is 0.0519. The molecule has 0 radical (unpaired) electrons. The Hall–Kier alpha value is -2.15. The van der Waals surface area contributed by atoms with Crippen molar-refractivity contribution in [2.24, 2.45) is 0 Å². The van der Waals surface area contributed by atoms with Gasteiger partial charge < -0.3 is 15.2 Å². The Balaban J connectivity index is 1.55. The van der Waals surface area contributed by atoms with Crippen LogP contribution in [-0.2, 0) is 19.3 Å². The van der Waals surface area contributed by atoms with E-state index in [0.717, 1.165) is 36.2 Å². The monoisotopic (exact) mass is 372 g/mol. The van der Waals surface area contributed by atoms with Crippen LogP contribution in [0.1, 0.15) is 30.0 Å². The van der Waals surface area contributed by atoms with E-state index in [-0.39, 0.29) is 10.6 Å². The van der Waals surface area contributed by atoms with Crippen LogP contribution in [0.25, 0.3) is 10.2 Å². The van der Waals surface area contributed by atoms with Crippen LogP contribution in [0, 0.1) is 0 Å². The number of phenols is 1. The zero-order valence-corrected chi connectivity index (χ0v) is 15.6. The number of hydrogen-bond donors (Lipinski definition) is 4. The van der Waals surface area contributed by atoms with Gasteiger partial charge in [-0.15, -0.1) is 0 Å². The van der Waals surface area contributed by atoms with Gasteiger partial charge in [0.25, 0.3) is 0 Å². The summed E-state index contributed by atoms with van der Waals surface area (Å²) in [4.78, 5) is 14.0. The van der Waals surface area contributed by atoms with Gasteiger partial charge >= 0.3 is 4.87 Å². The van der Waals surface area contributed by atoms with Crippen LogP contribution in [0.5, 0.6) is 5.75 Å². The molecule has 0 unspecified atom stereocenters. The van der Waals surface area contributed by atoms with Crippen molar-refractivity contribution in [2.75, 3.05) is 6.54 Å². The smallest absolute Gasteiger partial charge is 0.305 e. The number of phenolic OH excluding ortho intramolecular Hbond substituents is 1. The zero-order valence-electron chi connectivity index (χ0n) is 14.8. The summed E-state index contributed by atoms with van der Waals surface area (Å²) >= 11 is 1.05. The maximum atomic E-state index is 11.5. The van der Waals surface area contributed by atoms with Crippen LogP contribution in [0.4, 0.5) is 0 Å². The van der Waals surface area contributed by atoms with Gasteiger partial charge in [-0.25, -0.2) is 0 Å². The third kappa shape index (κ3) is 4.52. The van der Waals surface area contributed by atoms with Crippen LogP contribution < -0.4 is 10.2 Å². The molecule has 0 amide bonds. The number of thiazole rings is 1. The lowest BCUT2D eigenvalue weighted by Crippen LogP contribution is -2.32. The lowest BCUT2D eigenvalue weighted by molar-refractivity contribution is 0.139. The minimum Gasteiger partial charge on any atom is -0.506 e. The molecule has 0 spiro atoms. The molecule has 2 aromatic carbocycles. The summed E-state index contributed by atoms with van der Waals surface area (Å²) in [6, 6.07) is 11.9. The maximum Gasteiger partial charge on any atom is 0.305 e. The summed E-state index contributed by atoms with van der Waals surface area (Å²) in [7, 11) is 0. The maximum absolute atomic E-state index is 11.5. The molecule has 0 aliphatic heterocycles. The quantitative estimate of drug-likeness (QED) is 0.458. The van der Waals surface area contributed by atoms with Crippen molar-refractivity contribution in [3.05, 3.63) is 62.8 Å². The van der Waals surface area contributed by atoms with Crippen molar-refractivity contribution in [3.63, 3.8) is 0 Å². The molecule has 3 rings (SSSR count). The predicted molar refractivity (Wildman–Crippen MR) is 106 cm³/mol. The van der Waals surface area contributed by atoms with Crippen molar-refractivity contribution < 1.29 is 10.2 Å². The van der Waals surface area contributed by atoms with Crippen molar-refractivity contribution in [1.82, 2.24) is 10.3 Å². The fraction of sp³-hybridized carbons (Fsp3) is 0.350. The number of aromatic hydroxyl groups is 1. The Morgan fingerprint density at radius 2 is 1.81 bits per heavy atom. The topological polar surface area (TPSA) is 85.3 Å². The number of hydrogen-bond acceptors (Lipinski definition) is 5. The summed E-state index contributed by atoms with van der Waals surface area (Å²) in [6.07, 6.45) is 2.75. The molecule has 4 N–H and O–H groups in total. The highest BCUT2D eigenvalue weighted by Gasteiger charge is 2.13. The molecule has 0 aliphatic carbocycles. The number of aliphatic hydroxyl groups excluding tert-OH is 1. The first-order chi connectivity index (χ1) is 12.6. The molecule has 138 valence electrons. The minimum atomic E-state index is -0.709. The van der Waals surface area contributed by atoms with E-state index in [4.69, 9.17) is 0 Å². The Morgan fingerprint density at radius 3 is 2.50 bits per heavy atom. The van der Waals surface area contributed by atoms with E-state index in [9.17, 15) is 15.0 Å². The van der Waals surface area contributed by atoms with E-state index in [0.29, 0.717) is 23.2 Å². The molecule has 6 heteroatoms. The SMILES string of the molecule is CCCc1ccc(CCN[C@@H](O)Cc2ccc(O)c3[nH]c(=O)sc23)cc1. The van der Waals surface area contributed by atoms with E-state index in [1.54, 1.807) is 12.1 Å². The van der Waals surface area contributed by atoms with Crippen molar-refractivity contribution in [3.8, 4) is 5.75 Å². The van der Waals surface area contributed by atoms with Crippen LogP contribution in [0.2, 0.25) is 0 Å². The van der Waals surface area contributed by atoms with Gasteiger partial charge in [-0.3, -0.25) is 10.1 Å². The number of H-pyrrole nitrogens is 1. The molecule has 0 aliphatic rings. The number of rotatable bonds is 8. The van der Waals surface area contributed by atoms with E-state index in [1.165, 1.54) is 11.1 Å². The Kier molecular flexibility index (Phi) is 6.08. The van der Waals surface area contributed by atoms with E-state index in [1.807, 2.05) is 0 Å². The van der Waals surface area contributed by atoms with Gasteiger partial charge in [0.15, 0.2) is 0 Å². The summed E-state index contributed by atoms with van der Waals surface area (Å²) < 4.78 is 0.697. The zero-order chi connectivity index (χ0) is 18.5. The van der Waals surface area contributed by atoms with E-state index >= 15 is 0 Å². The second-order valence-corrected chi connectivity index (χ2v) is 7.44. The second kappa shape index (κ2) is 8.49. The third-order valence-electron chi connectivity index (χ3n) is 4.41. The van der Waals surface area contributed by atoms with Crippen LogP contribution in [0.15, 0.2) is 41.2 Å². The van der Waals surface area contributed by atoms with Crippen LogP contribution in [-0.4, -0.2) is 28.0 Å². The normalized spacial score (nSPS) is 12.5. The summed E-state index contributed by atoms with van der Waals surface area (Å²) in [5.41, 5.74) is 3.87. The summed E-state index contributed by atoms with van der Waals surface area (Å²) in [6.45, 7) is 2.84. The first-order valence-electron chi connectivity index (χ1n) is 8.89. The molecule has 0 saturated carbocycles. The van der Waals surface area contributed by atoms with Crippen LogP contribution in [0.3, 0.4) is 0 Å². The van der Waals surface area contributed by atoms with E-state index in [2.05, 4.69) is 41.5 Å². The number of aromatic nitrogens is 1. The molecule has 1 aromatic heterocycles. The third-order valence-corrected chi connectivity index (χ3v) is 5.37. The highest BCUT2D eigenvalue weighted by molar-refractivity contribution is 7.16. The van der Waals surface area contributed by atoms with Crippen molar-refractivity contribution in [1.29, 1.82) is 0 Å². The van der Waals surface area contributed by atoms with Gasteiger partial charge in [0.05, 0.1) is 4.70 Å². The average Bonchev–Trinajstić information content (AvgIpc) is 3.02. The number of fused-ring (bicyclic) bond motifs is 1. The fourth-order valence-electron chi connectivity index (χ4n) is 3.06. The predicted octanol–water partition coefficient (Wildman–Crippen LogP) is 2.94. The number of aryl methyl sites for hydroxylation is 1. The second-order valence-electron chi connectivity index (χ2n) is 6.45. The molecule has 0 saturated heterocycles. The number of aromatic amines is 1. The highest BCUT2D eigenvalue weighted by Crippen LogP contribution is 2.28. The fourth-order valence-corrected chi connectivity index (χ4v) is 3.94. The molecule has 1 heterocycles. The van der Waals surface area contributed by atoms with Crippen molar-refractivity contribution in [2.45, 2.75) is 38.8 Å². The number of aliphatic hydroxyl groups is 1. The van der Waals surface area contributed by atoms with Gasteiger partial charge in [0.2, 0.25) is 0 Å². The van der Waals surface area contributed by atoms with Gasteiger partial charge in [0, 0.05) is 13.0 Å². The molecular formula is C20H24N2O3S. The largest absolute Gasteiger partial charge is 0.506 e. The van der Waals surface area contributed by atoms with E-state index < -0.39 is 6.23 Å². The van der Waals surface area contributed by atoms with Crippen molar-refractivity contribution >= 4 is 21.6 Å². The molecule has 5 nitrogen and oxygen atoms in total. The van der Waals surface area contributed by atoms with Gasteiger partial charge in [-0.05, 0) is 35.6 Å². The first-order valence-corrected chi connectivity index (χ1v) is 9.71. The van der Waals surface area contributed by atoms with Gasteiger partial charge in [-0.1, -0.05) is 55.0 Å². The molecule has 0 bridgehead atoms. The summed E-state index contributed by atoms with van der Waals surface area (Å²) in [5, 5.41) is 23.2. The highest BCUT2D eigenvalue weighted by atomic mass is 32.1. The first kappa shape index (κ1) is 18.6. The molecule has 1 atom stereocenters. The Labute approximate surface area is 156 Å². The summed E-state index contributed by atoms with van der Waals surface area (Å²) in [5.74, 6) is 0.0519. The molecule has 3 aromatic rings. The standard InChI is InChI=1S/C20H24N2O3S/c1-2-3-13-4-6-14(7-5-13)10-11-21-17(24)12-15-8-9-16(23)18-19(15)26-20(25)22-18/h4-9,17,21,23-24H,2-3,10-12H2,1H3,(H,22,25)/t17-/m0/s1. The average molecular weight is 372 g/mol. The molecular weight excluding hydrogens is 348 g/mol. The Bertz CT molecular complexity index is 915.